The second-order valence-corrected chi connectivity index (χ2v) is 7.26. The van der Waals surface area contributed by atoms with Gasteiger partial charge in [0.2, 0.25) is 23.6 Å². The minimum Gasteiger partial charge on any atom is -0.481 e. The second kappa shape index (κ2) is 14.8. The Hall–Kier alpha value is -4.28. The molecule has 0 aliphatic rings. The highest BCUT2D eigenvalue weighted by Crippen LogP contribution is 2.04. The van der Waals surface area contributed by atoms with Gasteiger partial charge in [0, 0.05) is 12.8 Å². The fourth-order valence-corrected chi connectivity index (χ4v) is 2.55. The number of nitrogens with two attached hydrogens (primary N) is 2. The molecule has 17 nitrogen and oxygen atoms in total. The number of carbonyl (C=O) groups excluding carboxylic acids is 4. The first-order valence-electron chi connectivity index (χ1n) is 9.97. The highest BCUT2D eigenvalue weighted by molar-refractivity contribution is 5.97. The Kier molecular flexibility index (Phi) is 13.0. The molecular weight excluding hydrogens is 478 g/mol. The quantitative estimate of drug-likeness (QED) is 0.0909. The van der Waals surface area contributed by atoms with Crippen LogP contribution in [0, 0.1) is 0 Å². The van der Waals surface area contributed by atoms with Crippen LogP contribution in [0.4, 0.5) is 0 Å². The smallest absolute Gasteiger partial charge is 0.326 e. The lowest BCUT2D eigenvalue weighted by Crippen LogP contribution is -2.58. The molecule has 0 aliphatic heterocycles. The van der Waals surface area contributed by atoms with E-state index in [2.05, 4.69) is 0 Å². The van der Waals surface area contributed by atoms with Crippen molar-refractivity contribution < 1.29 is 58.8 Å². The van der Waals surface area contributed by atoms with Crippen LogP contribution in [0.15, 0.2) is 0 Å². The normalized spacial score (nSPS) is 13.9. The van der Waals surface area contributed by atoms with Crippen LogP contribution in [-0.2, 0) is 38.4 Å². The lowest BCUT2D eigenvalue weighted by molar-refractivity contribution is -0.145. The number of amides is 4. The molecule has 0 radical (unpaired) electrons. The molecule has 4 atom stereocenters. The molecule has 35 heavy (non-hydrogen) atoms. The number of primary amides is 1. The Morgan fingerprint density at radius 3 is 1.40 bits per heavy atom. The lowest BCUT2D eigenvalue weighted by atomic mass is 10.1. The van der Waals surface area contributed by atoms with Gasteiger partial charge in [0.15, 0.2) is 0 Å². The lowest BCUT2D eigenvalue weighted by Gasteiger charge is -2.23. The summed E-state index contributed by atoms with van der Waals surface area (Å²) in [5.74, 6) is -10.5. The molecule has 0 aliphatic carbocycles. The topological polar surface area (TPSA) is 306 Å². The van der Waals surface area contributed by atoms with E-state index in [1.54, 1.807) is 0 Å². The molecule has 0 rings (SSSR count). The number of carboxylic acids is 4. The largest absolute Gasteiger partial charge is 0.481 e. The van der Waals surface area contributed by atoms with Gasteiger partial charge >= 0.3 is 23.9 Å². The first kappa shape index (κ1) is 30.7. The van der Waals surface area contributed by atoms with E-state index < -0.39 is 104 Å². The Balaban J connectivity index is 5.53. The Morgan fingerprint density at radius 2 is 1.03 bits per heavy atom. The molecule has 4 amide bonds. The van der Waals surface area contributed by atoms with Gasteiger partial charge < -0.3 is 47.8 Å². The van der Waals surface area contributed by atoms with Gasteiger partial charge in [-0.2, -0.15) is 0 Å². The van der Waals surface area contributed by atoms with Crippen LogP contribution < -0.4 is 27.4 Å². The van der Waals surface area contributed by atoms with E-state index >= 15 is 0 Å². The number of nitrogens with one attached hydrogen (secondary N) is 3. The van der Waals surface area contributed by atoms with Crippen molar-refractivity contribution in [3.8, 4) is 0 Å². The maximum absolute atomic E-state index is 12.6. The molecule has 0 aromatic carbocycles. The van der Waals surface area contributed by atoms with Crippen LogP contribution in [0.2, 0.25) is 0 Å². The summed E-state index contributed by atoms with van der Waals surface area (Å²) in [5, 5.41) is 41.7. The first-order valence-corrected chi connectivity index (χ1v) is 9.97. The van der Waals surface area contributed by atoms with Gasteiger partial charge in [0.1, 0.15) is 18.1 Å². The van der Waals surface area contributed by atoms with Crippen molar-refractivity contribution in [3.05, 3.63) is 0 Å². The Bertz CT molecular complexity index is 861. The van der Waals surface area contributed by atoms with Crippen molar-refractivity contribution in [3.63, 3.8) is 0 Å². The van der Waals surface area contributed by atoms with Gasteiger partial charge in [-0.15, -0.1) is 0 Å². The minimum absolute atomic E-state index is 0.339. The maximum Gasteiger partial charge on any atom is 0.326 e. The number of aliphatic carboxylic acids is 4. The summed E-state index contributed by atoms with van der Waals surface area (Å²) < 4.78 is 0. The monoisotopic (exact) mass is 505 g/mol. The summed E-state index contributed by atoms with van der Waals surface area (Å²) in [6.45, 7) is 0. The fraction of sp³-hybridized carbons (Fsp3) is 0.556. The third-order valence-electron chi connectivity index (χ3n) is 4.32. The molecule has 0 aromatic rings. The molecule has 0 heterocycles. The number of hydrogen-bond donors (Lipinski definition) is 9. The number of carboxylic acid groups (broad SMARTS) is 4. The number of hydrogen-bond acceptors (Lipinski definition) is 9. The van der Waals surface area contributed by atoms with Crippen molar-refractivity contribution in [2.24, 2.45) is 11.5 Å². The van der Waals surface area contributed by atoms with Crippen molar-refractivity contribution in [1.29, 1.82) is 0 Å². The van der Waals surface area contributed by atoms with Gasteiger partial charge in [0.25, 0.3) is 0 Å². The van der Waals surface area contributed by atoms with Gasteiger partial charge in [0.05, 0.1) is 18.9 Å². The maximum atomic E-state index is 12.6. The summed E-state index contributed by atoms with van der Waals surface area (Å²) in [5.41, 5.74) is 10.4. The zero-order valence-corrected chi connectivity index (χ0v) is 18.3. The zero-order chi connectivity index (χ0) is 27.3. The molecule has 0 bridgehead atoms. The summed E-state index contributed by atoms with van der Waals surface area (Å²) in [7, 11) is 0. The van der Waals surface area contributed by atoms with Gasteiger partial charge in [-0.3, -0.25) is 33.6 Å². The van der Waals surface area contributed by atoms with E-state index in [-0.39, 0.29) is 6.42 Å². The molecule has 0 aromatic heterocycles. The van der Waals surface area contributed by atoms with Gasteiger partial charge in [-0.05, 0) is 12.8 Å². The number of rotatable bonds is 17. The first-order chi connectivity index (χ1) is 16.1. The van der Waals surface area contributed by atoms with Crippen molar-refractivity contribution in [2.75, 3.05) is 0 Å². The van der Waals surface area contributed by atoms with E-state index in [9.17, 15) is 38.4 Å². The molecule has 196 valence electrons. The van der Waals surface area contributed by atoms with E-state index in [4.69, 9.17) is 31.9 Å². The van der Waals surface area contributed by atoms with Crippen LogP contribution in [-0.4, -0.2) is 92.1 Å². The molecule has 11 N–H and O–H groups in total. The zero-order valence-electron chi connectivity index (χ0n) is 18.3. The van der Waals surface area contributed by atoms with Crippen molar-refractivity contribution in [1.82, 2.24) is 16.0 Å². The third-order valence-corrected chi connectivity index (χ3v) is 4.32. The van der Waals surface area contributed by atoms with E-state index in [0.717, 1.165) is 0 Å². The second-order valence-electron chi connectivity index (χ2n) is 7.26. The predicted octanol–water partition coefficient (Wildman–Crippen LogP) is -4.07. The average molecular weight is 505 g/mol. The fourth-order valence-electron chi connectivity index (χ4n) is 2.55. The van der Waals surface area contributed by atoms with Crippen LogP contribution >= 0.6 is 0 Å². The molecule has 17 heteroatoms. The van der Waals surface area contributed by atoms with E-state index in [0.29, 0.717) is 0 Å². The summed E-state index contributed by atoms with van der Waals surface area (Å²) in [6, 6.07) is -6.82. The molecule has 0 saturated heterocycles. The summed E-state index contributed by atoms with van der Waals surface area (Å²) in [4.78, 5) is 92.1. The molecule has 0 saturated carbocycles. The Labute approximate surface area is 197 Å². The third kappa shape index (κ3) is 13.1. The van der Waals surface area contributed by atoms with Gasteiger partial charge in [-0.25, -0.2) is 4.79 Å². The van der Waals surface area contributed by atoms with E-state index in [1.165, 1.54) is 0 Å². The predicted molar refractivity (Wildman–Crippen MR) is 111 cm³/mol. The molecule has 0 fully saturated rings. The van der Waals surface area contributed by atoms with Gasteiger partial charge in [-0.1, -0.05) is 0 Å². The van der Waals surface area contributed by atoms with Crippen LogP contribution in [0.5, 0.6) is 0 Å². The van der Waals surface area contributed by atoms with Crippen LogP contribution in [0.3, 0.4) is 0 Å². The molecule has 0 spiro atoms. The molecule has 4 unspecified atom stereocenters. The average Bonchev–Trinajstić information content (AvgIpc) is 2.72. The van der Waals surface area contributed by atoms with Crippen molar-refractivity contribution >= 4 is 47.5 Å². The summed E-state index contributed by atoms with van der Waals surface area (Å²) >= 11 is 0. The molecular formula is C18H27N5O12. The highest BCUT2D eigenvalue weighted by atomic mass is 16.4. The SMILES string of the molecule is NC(=O)CCC(NC(=O)C(CC(=O)O)NC(=O)C(CC(=O)O)NC(=O)C(N)CCC(=O)O)C(=O)O. The van der Waals surface area contributed by atoms with Crippen LogP contribution in [0.25, 0.3) is 0 Å². The van der Waals surface area contributed by atoms with Crippen LogP contribution in [0.1, 0.15) is 38.5 Å². The minimum atomic E-state index is -1.90. The Morgan fingerprint density at radius 1 is 0.600 bits per heavy atom. The standard InChI is InChI=1S/C18H27N5O12/c19-7(1-4-12(25)26)15(31)22-9(5-13(27)28)17(33)23-10(6-14(29)30)16(32)21-8(18(34)35)2-3-11(20)24/h7-10H,1-6,19H2,(H2,20,24)(H,21,32)(H,22,31)(H,23,33)(H,25,26)(H,27,28)(H,29,30)(H,34,35). The van der Waals surface area contributed by atoms with E-state index in [1.807, 2.05) is 16.0 Å². The van der Waals surface area contributed by atoms with Crippen molar-refractivity contribution in [2.45, 2.75) is 62.7 Å². The highest BCUT2D eigenvalue weighted by Gasteiger charge is 2.32. The number of carbonyl (C=O) groups is 8. The summed E-state index contributed by atoms with van der Waals surface area (Å²) in [6.07, 6.45) is -3.76.